The van der Waals surface area contributed by atoms with E-state index in [0.29, 0.717) is 6.54 Å². The minimum Gasteiger partial charge on any atom is -0.373 e. The van der Waals surface area contributed by atoms with E-state index in [1.165, 1.54) is 32.1 Å². The monoisotopic (exact) mass is 183 g/mol. The van der Waals surface area contributed by atoms with Crippen LogP contribution in [0.4, 0.5) is 0 Å². The molecule has 2 aliphatic carbocycles. The first kappa shape index (κ1) is 9.47. The van der Waals surface area contributed by atoms with Crippen molar-refractivity contribution in [3.05, 3.63) is 0 Å². The molecular formula is C11H21NO. The van der Waals surface area contributed by atoms with Gasteiger partial charge in [0.1, 0.15) is 0 Å². The Morgan fingerprint density at radius 2 is 2.15 bits per heavy atom. The molecule has 2 aliphatic rings. The highest BCUT2D eigenvalue weighted by Crippen LogP contribution is 2.39. The Morgan fingerprint density at radius 1 is 1.38 bits per heavy atom. The lowest BCUT2D eigenvalue weighted by atomic mass is 10.0. The zero-order valence-electron chi connectivity index (χ0n) is 8.59. The molecule has 0 aromatic carbocycles. The molecule has 0 bridgehead atoms. The zero-order valence-corrected chi connectivity index (χ0v) is 8.59. The van der Waals surface area contributed by atoms with Gasteiger partial charge in [-0.25, -0.2) is 0 Å². The van der Waals surface area contributed by atoms with Gasteiger partial charge < -0.3 is 10.5 Å². The Bertz CT molecular complexity index is 179. The summed E-state index contributed by atoms with van der Waals surface area (Å²) >= 11 is 0. The third-order valence-corrected chi connectivity index (χ3v) is 3.51. The van der Waals surface area contributed by atoms with Crippen LogP contribution in [0.2, 0.25) is 0 Å². The maximum Gasteiger partial charge on any atom is 0.0806 e. The van der Waals surface area contributed by atoms with Crippen molar-refractivity contribution in [2.45, 2.75) is 44.6 Å². The van der Waals surface area contributed by atoms with Gasteiger partial charge in [-0.1, -0.05) is 6.92 Å². The number of hydrogen-bond acceptors (Lipinski definition) is 2. The molecular weight excluding hydrogens is 162 g/mol. The van der Waals surface area contributed by atoms with Crippen LogP contribution in [0.25, 0.3) is 0 Å². The summed E-state index contributed by atoms with van der Waals surface area (Å²) in [7, 11) is 0. The summed E-state index contributed by atoms with van der Waals surface area (Å²) in [6.45, 7) is 3.98. The highest BCUT2D eigenvalue weighted by Gasteiger charge is 2.38. The molecule has 2 fully saturated rings. The second kappa shape index (κ2) is 3.58. The van der Waals surface area contributed by atoms with Crippen molar-refractivity contribution >= 4 is 0 Å². The fourth-order valence-corrected chi connectivity index (χ4v) is 2.30. The van der Waals surface area contributed by atoms with E-state index < -0.39 is 0 Å². The van der Waals surface area contributed by atoms with Gasteiger partial charge in [0.2, 0.25) is 0 Å². The average Bonchev–Trinajstić information content (AvgIpc) is 2.88. The van der Waals surface area contributed by atoms with Gasteiger partial charge in [0.25, 0.3) is 0 Å². The van der Waals surface area contributed by atoms with Crippen molar-refractivity contribution in [2.75, 3.05) is 13.2 Å². The first-order valence-electron chi connectivity index (χ1n) is 5.58. The summed E-state index contributed by atoms with van der Waals surface area (Å²) in [6.07, 6.45) is 6.39. The summed E-state index contributed by atoms with van der Waals surface area (Å²) in [5.41, 5.74) is 5.87. The van der Waals surface area contributed by atoms with E-state index in [4.69, 9.17) is 10.5 Å². The van der Waals surface area contributed by atoms with Gasteiger partial charge in [0, 0.05) is 6.54 Å². The normalized spacial score (nSPS) is 39.7. The van der Waals surface area contributed by atoms with Crippen LogP contribution in [0, 0.1) is 11.8 Å². The van der Waals surface area contributed by atoms with E-state index in [9.17, 15) is 0 Å². The molecule has 0 aliphatic heterocycles. The third kappa shape index (κ3) is 2.23. The van der Waals surface area contributed by atoms with Gasteiger partial charge in [-0.05, 0) is 43.9 Å². The number of rotatable bonds is 4. The maximum absolute atomic E-state index is 6.01. The molecule has 0 radical (unpaired) electrons. The van der Waals surface area contributed by atoms with E-state index in [0.717, 1.165) is 18.4 Å². The Hall–Kier alpha value is -0.0800. The first-order chi connectivity index (χ1) is 6.24. The van der Waals surface area contributed by atoms with Crippen LogP contribution in [-0.4, -0.2) is 18.8 Å². The van der Waals surface area contributed by atoms with Crippen molar-refractivity contribution in [3.8, 4) is 0 Å². The number of ether oxygens (including phenoxy) is 1. The molecule has 2 N–H and O–H groups in total. The largest absolute Gasteiger partial charge is 0.373 e. The second-order valence-electron chi connectivity index (χ2n) is 4.99. The number of hydrogen-bond donors (Lipinski definition) is 1. The van der Waals surface area contributed by atoms with Crippen LogP contribution in [0.15, 0.2) is 0 Å². The molecule has 0 spiro atoms. The standard InChI is InChI=1S/C11H21NO/c1-9-4-5-11(6-9,8-12)13-7-10-2-3-10/h9-10H,2-8,12H2,1H3. The molecule has 2 saturated carbocycles. The summed E-state index contributed by atoms with van der Waals surface area (Å²) in [4.78, 5) is 0. The second-order valence-corrected chi connectivity index (χ2v) is 4.99. The topological polar surface area (TPSA) is 35.2 Å². The maximum atomic E-state index is 6.01. The third-order valence-electron chi connectivity index (χ3n) is 3.51. The van der Waals surface area contributed by atoms with Crippen molar-refractivity contribution < 1.29 is 4.74 Å². The predicted octanol–water partition coefficient (Wildman–Crippen LogP) is 1.93. The SMILES string of the molecule is CC1CCC(CN)(OCC2CC2)C1. The highest BCUT2D eigenvalue weighted by molar-refractivity contribution is 4.91. The fourth-order valence-electron chi connectivity index (χ4n) is 2.30. The van der Waals surface area contributed by atoms with Crippen LogP contribution in [0.5, 0.6) is 0 Å². The summed E-state index contributed by atoms with van der Waals surface area (Å²) in [5, 5.41) is 0. The van der Waals surface area contributed by atoms with E-state index in [-0.39, 0.29) is 5.60 Å². The van der Waals surface area contributed by atoms with E-state index >= 15 is 0 Å². The molecule has 0 heterocycles. The lowest BCUT2D eigenvalue weighted by molar-refractivity contribution is -0.0410. The van der Waals surface area contributed by atoms with Crippen LogP contribution >= 0.6 is 0 Å². The Kier molecular flexibility index (Phi) is 2.61. The van der Waals surface area contributed by atoms with Crippen LogP contribution in [0.3, 0.4) is 0 Å². The van der Waals surface area contributed by atoms with Crippen molar-refractivity contribution in [2.24, 2.45) is 17.6 Å². The Morgan fingerprint density at radius 3 is 2.62 bits per heavy atom. The van der Waals surface area contributed by atoms with Crippen LogP contribution in [-0.2, 0) is 4.74 Å². The Labute approximate surface area is 80.8 Å². The summed E-state index contributed by atoms with van der Waals surface area (Å²) in [5.74, 6) is 1.67. The summed E-state index contributed by atoms with van der Waals surface area (Å²) < 4.78 is 6.01. The molecule has 2 rings (SSSR count). The molecule has 0 amide bonds. The molecule has 0 saturated heterocycles. The van der Waals surface area contributed by atoms with Gasteiger partial charge >= 0.3 is 0 Å². The molecule has 0 aromatic rings. The molecule has 2 atom stereocenters. The van der Waals surface area contributed by atoms with Crippen LogP contribution < -0.4 is 5.73 Å². The molecule has 2 heteroatoms. The van der Waals surface area contributed by atoms with Crippen LogP contribution in [0.1, 0.15) is 39.0 Å². The van der Waals surface area contributed by atoms with E-state index in [1.54, 1.807) is 0 Å². The predicted molar refractivity (Wildman–Crippen MR) is 53.5 cm³/mol. The fraction of sp³-hybridized carbons (Fsp3) is 1.00. The van der Waals surface area contributed by atoms with Gasteiger partial charge in [-0.15, -0.1) is 0 Å². The lowest BCUT2D eigenvalue weighted by Crippen LogP contribution is -2.38. The zero-order chi connectivity index (χ0) is 9.31. The minimum absolute atomic E-state index is 0.0575. The number of nitrogens with two attached hydrogens (primary N) is 1. The van der Waals surface area contributed by atoms with E-state index in [2.05, 4.69) is 6.92 Å². The quantitative estimate of drug-likeness (QED) is 0.723. The van der Waals surface area contributed by atoms with E-state index in [1.807, 2.05) is 0 Å². The van der Waals surface area contributed by atoms with Crippen molar-refractivity contribution in [1.82, 2.24) is 0 Å². The molecule has 2 nitrogen and oxygen atoms in total. The van der Waals surface area contributed by atoms with Gasteiger partial charge in [-0.3, -0.25) is 0 Å². The Balaban J connectivity index is 1.82. The molecule has 76 valence electrons. The van der Waals surface area contributed by atoms with Gasteiger partial charge in [-0.2, -0.15) is 0 Å². The van der Waals surface area contributed by atoms with Crippen molar-refractivity contribution in [3.63, 3.8) is 0 Å². The van der Waals surface area contributed by atoms with Crippen molar-refractivity contribution in [1.29, 1.82) is 0 Å². The molecule has 2 unspecified atom stereocenters. The highest BCUT2D eigenvalue weighted by atomic mass is 16.5. The first-order valence-corrected chi connectivity index (χ1v) is 5.58. The minimum atomic E-state index is 0.0575. The van der Waals surface area contributed by atoms with Gasteiger partial charge in [0.05, 0.1) is 12.2 Å². The smallest absolute Gasteiger partial charge is 0.0806 e. The summed E-state index contributed by atoms with van der Waals surface area (Å²) in [6, 6.07) is 0. The molecule has 13 heavy (non-hydrogen) atoms. The average molecular weight is 183 g/mol. The van der Waals surface area contributed by atoms with Gasteiger partial charge in [0.15, 0.2) is 0 Å². The molecule has 0 aromatic heterocycles. The lowest BCUT2D eigenvalue weighted by Gasteiger charge is -2.28.